The summed E-state index contributed by atoms with van der Waals surface area (Å²) in [4.78, 5) is 7.43. The Labute approximate surface area is 76.8 Å². The van der Waals surface area contributed by atoms with E-state index in [1.165, 1.54) is 18.6 Å². The van der Waals surface area contributed by atoms with Crippen molar-refractivity contribution in [3.05, 3.63) is 24.5 Å². The van der Waals surface area contributed by atoms with Crippen LogP contribution < -0.4 is 0 Å². The molecule has 0 fully saturated rings. The first-order valence-corrected chi connectivity index (χ1v) is 3.65. The zero-order valence-corrected chi connectivity index (χ0v) is 6.76. The summed E-state index contributed by atoms with van der Waals surface area (Å²) in [5, 5.41) is 6.59. The number of alkyl halides is 2. The van der Waals surface area contributed by atoms with Crippen molar-refractivity contribution >= 4 is 0 Å². The molecule has 0 amide bonds. The Balaban J connectivity index is 2.34. The lowest BCUT2D eigenvalue weighted by Crippen LogP contribution is -1.83. The largest absolute Gasteiger partial charge is 0.414 e. The molecule has 2 heterocycles. The van der Waals surface area contributed by atoms with E-state index in [0.29, 0.717) is 5.69 Å². The lowest BCUT2D eigenvalue weighted by atomic mass is 10.4. The number of rotatable bonds is 2. The van der Waals surface area contributed by atoms with E-state index < -0.39 is 12.3 Å². The Kier molecular flexibility index (Phi) is 2.13. The monoisotopic (exact) mass is 198 g/mol. The Morgan fingerprint density at radius 2 is 2.14 bits per heavy atom. The molecule has 0 N–H and O–H groups in total. The fraction of sp³-hybridized carbons (Fsp3) is 0.143. The molecule has 0 saturated heterocycles. The molecule has 72 valence electrons. The van der Waals surface area contributed by atoms with Crippen molar-refractivity contribution in [1.82, 2.24) is 20.2 Å². The third-order valence-corrected chi connectivity index (χ3v) is 1.43. The van der Waals surface area contributed by atoms with Gasteiger partial charge in [0.05, 0.1) is 0 Å². The Morgan fingerprint density at radius 1 is 1.29 bits per heavy atom. The summed E-state index contributed by atoms with van der Waals surface area (Å²) in [6.07, 6.45) is -0.0472. The summed E-state index contributed by atoms with van der Waals surface area (Å²) in [5.74, 6) is -0.749. The Hall–Kier alpha value is -1.92. The van der Waals surface area contributed by atoms with Gasteiger partial charge in [0.25, 0.3) is 11.8 Å². The molecule has 0 atom stereocenters. The summed E-state index contributed by atoms with van der Waals surface area (Å²) in [6, 6.07) is 1.49. The van der Waals surface area contributed by atoms with Crippen LogP contribution >= 0.6 is 0 Å². The van der Waals surface area contributed by atoms with E-state index in [2.05, 4.69) is 24.6 Å². The molecular weight excluding hydrogens is 194 g/mol. The minimum atomic E-state index is -2.77. The SMILES string of the molecule is FC(F)c1nnc(-c2ccncn2)o1. The van der Waals surface area contributed by atoms with Gasteiger partial charge in [-0.25, -0.2) is 9.97 Å². The van der Waals surface area contributed by atoms with E-state index in [0.717, 1.165) is 0 Å². The molecule has 2 aromatic heterocycles. The Bertz CT molecular complexity index is 417. The van der Waals surface area contributed by atoms with Crippen LogP contribution in [0.3, 0.4) is 0 Å². The zero-order valence-electron chi connectivity index (χ0n) is 6.76. The van der Waals surface area contributed by atoms with Crippen LogP contribution in [0, 0.1) is 0 Å². The number of halogens is 2. The van der Waals surface area contributed by atoms with Crippen molar-refractivity contribution < 1.29 is 13.2 Å². The zero-order chi connectivity index (χ0) is 9.97. The smallest absolute Gasteiger partial charge is 0.314 e. The van der Waals surface area contributed by atoms with E-state index >= 15 is 0 Å². The molecule has 5 nitrogen and oxygen atoms in total. The highest BCUT2D eigenvalue weighted by molar-refractivity contribution is 5.44. The quantitative estimate of drug-likeness (QED) is 0.730. The minimum Gasteiger partial charge on any atom is -0.414 e. The number of hydrogen-bond acceptors (Lipinski definition) is 5. The molecule has 0 aliphatic carbocycles. The molecule has 2 aromatic rings. The highest BCUT2D eigenvalue weighted by Gasteiger charge is 2.17. The van der Waals surface area contributed by atoms with Gasteiger partial charge in [0.1, 0.15) is 12.0 Å². The second-order valence-electron chi connectivity index (χ2n) is 2.34. The molecule has 7 heteroatoms. The van der Waals surface area contributed by atoms with Crippen LogP contribution in [-0.4, -0.2) is 20.2 Å². The highest BCUT2D eigenvalue weighted by atomic mass is 19.3. The number of hydrogen-bond donors (Lipinski definition) is 0. The van der Waals surface area contributed by atoms with Gasteiger partial charge in [0.15, 0.2) is 0 Å². The molecule has 0 radical (unpaired) electrons. The topological polar surface area (TPSA) is 64.7 Å². The third-order valence-electron chi connectivity index (χ3n) is 1.43. The lowest BCUT2D eigenvalue weighted by molar-refractivity contribution is 0.116. The van der Waals surface area contributed by atoms with Crippen molar-refractivity contribution in [1.29, 1.82) is 0 Å². The molecule has 0 aliphatic heterocycles. The van der Waals surface area contributed by atoms with Gasteiger partial charge >= 0.3 is 6.43 Å². The minimum absolute atomic E-state index is 0.0392. The van der Waals surface area contributed by atoms with Gasteiger partial charge in [-0.1, -0.05) is 0 Å². The maximum absolute atomic E-state index is 12.1. The second-order valence-corrected chi connectivity index (χ2v) is 2.34. The van der Waals surface area contributed by atoms with E-state index in [9.17, 15) is 8.78 Å². The molecule has 14 heavy (non-hydrogen) atoms. The molecule has 0 aliphatic rings. The number of aromatic nitrogens is 4. The second kappa shape index (κ2) is 3.44. The first-order chi connectivity index (χ1) is 6.77. The van der Waals surface area contributed by atoms with Crippen molar-refractivity contribution in [3.63, 3.8) is 0 Å². The van der Waals surface area contributed by atoms with Gasteiger partial charge in [-0.05, 0) is 6.07 Å². The average molecular weight is 198 g/mol. The lowest BCUT2D eigenvalue weighted by Gasteiger charge is -1.90. The van der Waals surface area contributed by atoms with E-state index in [-0.39, 0.29) is 5.89 Å². The third kappa shape index (κ3) is 1.56. The van der Waals surface area contributed by atoms with Gasteiger partial charge < -0.3 is 4.42 Å². The first kappa shape index (κ1) is 8.67. The van der Waals surface area contributed by atoms with Crippen LogP contribution in [0.4, 0.5) is 8.78 Å². The van der Waals surface area contributed by atoms with Crippen LogP contribution in [0.1, 0.15) is 12.3 Å². The van der Waals surface area contributed by atoms with Crippen molar-refractivity contribution in [2.45, 2.75) is 6.43 Å². The van der Waals surface area contributed by atoms with Gasteiger partial charge in [-0.3, -0.25) is 0 Å². The fourth-order valence-corrected chi connectivity index (χ4v) is 0.843. The van der Waals surface area contributed by atoms with Crippen LogP contribution in [0.2, 0.25) is 0 Å². The normalized spacial score (nSPS) is 10.8. The molecule has 0 unspecified atom stereocenters. The Morgan fingerprint density at radius 3 is 2.71 bits per heavy atom. The molecule has 0 bridgehead atoms. The maximum Gasteiger partial charge on any atom is 0.314 e. The van der Waals surface area contributed by atoms with Crippen LogP contribution in [0.5, 0.6) is 0 Å². The molecule has 0 aromatic carbocycles. The fourth-order valence-electron chi connectivity index (χ4n) is 0.843. The van der Waals surface area contributed by atoms with Crippen molar-refractivity contribution in [2.24, 2.45) is 0 Å². The van der Waals surface area contributed by atoms with Crippen LogP contribution in [0.15, 0.2) is 23.0 Å². The van der Waals surface area contributed by atoms with Crippen molar-refractivity contribution in [2.75, 3.05) is 0 Å². The van der Waals surface area contributed by atoms with Gasteiger partial charge in [-0.15, -0.1) is 10.2 Å². The summed E-state index contributed by atoms with van der Waals surface area (Å²) in [7, 11) is 0. The van der Waals surface area contributed by atoms with Crippen molar-refractivity contribution in [3.8, 4) is 11.6 Å². The van der Waals surface area contributed by atoms with Crippen LogP contribution in [0.25, 0.3) is 11.6 Å². The van der Waals surface area contributed by atoms with Gasteiger partial charge in [0, 0.05) is 6.20 Å². The molecule has 0 saturated carbocycles. The first-order valence-electron chi connectivity index (χ1n) is 3.65. The summed E-state index contributed by atoms with van der Waals surface area (Å²) >= 11 is 0. The number of nitrogens with zero attached hydrogens (tertiary/aromatic N) is 4. The van der Waals surface area contributed by atoms with Gasteiger partial charge in [0.2, 0.25) is 0 Å². The van der Waals surface area contributed by atoms with E-state index in [4.69, 9.17) is 0 Å². The predicted octanol–water partition coefficient (Wildman–Crippen LogP) is 1.46. The van der Waals surface area contributed by atoms with E-state index in [1.807, 2.05) is 0 Å². The van der Waals surface area contributed by atoms with Gasteiger partial charge in [-0.2, -0.15) is 8.78 Å². The molecular formula is C7H4F2N4O. The predicted molar refractivity (Wildman–Crippen MR) is 40.3 cm³/mol. The summed E-state index contributed by atoms with van der Waals surface area (Å²) in [6.45, 7) is 0. The van der Waals surface area contributed by atoms with Crippen LogP contribution in [-0.2, 0) is 0 Å². The van der Waals surface area contributed by atoms with E-state index in [1.54, 1.807) is 0 Å². The maximum atomic E-state index is 12.1. The summed E-state index contributed by atoms with van der Waals surface area (Å²) < 4.78 is 28.8. The standard InChI is InChI=1S/C7H4F2N4O/c8-5(9)7-13-12-6(14-7)4-1-2-10-3-11-4/h1-3,5H. The molecule has 0 spiro atoms. The average Bonchev–Trinajstić information content (AvgIpc) is 2.68. The molecule has 2 rings (SSSR count). The summed E-state index contributed by atoms with van der Waals surface area (Å²) in [5.41, 5.74) is 0.319. The highest BCUT2D eigenvalue weighted by Crippen LogP contribution is 2.20.